The predicted molar refractivity (Wildman–Crippen MR) is 72.5 cm³/mol. The maximum Gasteiger partial charge on any atom is 0.243 e. The van der Waals surface area contributed by atoms with Gasteiger partial charge in [0.2, 0.25) is 5.28 Å². The Morgan fingerprint density at radius 2 is 2.32 bits per heavy atom. The number of aliphatic hydroxyl groups excluding tert-OH is 1. The van der Waals surface area contributed by atoms with E-state index in [1.807, 2.05) is 18.3 Å². The number of anilines is 1. The van der Waals surface area contributed by atoms with Crippen LogP contribution in [0.25, 0.3) is 5.52 Å². The van der Waals surface area contributed by atoms with Gasteiger partial charge in [0.15, 0.2) is 5.82 Å². The largest absolute Gasteiger partial charge is 0.394 e. The molecule has 5 nitrogen and oxygen atoms in total. The van der Waals surface area contributed by atoms with E-state index in [1.165, 1.54) is 12.8 Å². The van der Waals surface area contributed by atoms with Crippen LogP contribution in [-0.4, -0.2) is 38.9 Å². The number of rotatable bonds is 2. The van der Waals surface area contributed by atoms with Crippen molar-refractivity contribution in [2.75, 3.05) is 18.1 Å². The highest BCUT2D eigenvalue weighted by Gasteiger charge is 2.52. The number of aromatic nitrogens is 3. The van der Waals surface area contributed by atoms with E-state index < -0.39 is 0 Å². The van der Waals surface area contributed by atoms with Crippen molar-refractivity contribution in [3.63, 3.8) is 0 Å². The van der Waals surface area contributed by atoms with E-state index in [-0.39, 0.29) is 17.9 Å². The second-order valence-corrected chi connectivity index (χ2v) is 6.05. The molecule has 1 spiro atoms. The number of hydrogen-bond acceptors (Lipinski definition) is 4. The summed E-state index contributed by atoms with van der Waals surface area (Å²) in [4.78, 5) is 6.60. The molecule has 1 N–H and O–H groups in total. The van der Waals surface area contributed by atoms with E-state index in [0.717, 1.165) is 24.3 Å². The zero-order valence-corrected chi connectivity index (χ0v) is 11.2. The lowest BCUT2D eigenvalue weighted by Crippen LogP contribution is -2.33. The molecule has 0 amide bonds. The molecular weight excluding hydrogens is 264 g/mol. The molecule has 1 saturated heterocycles. The quantitative estimate of drug-likeness (QED) is 0.909. The standard InChI is InChI=1S/C13H15ClN4O/c14-12-15-11(10-2-1-5-18(10)16-12)17-8-13(3-4-13)6-9(17)7-19/h1-2,5,9,19H,3-4,6-8H2. The van der Waals surface area contributed by atoms with Gasteiger partial charge in [-0.15, -0.1) is 5.10 Å². The van der Waals surface area contributed by atoms with Crippen molar-refractivity contribution in [2.24, 2.45) is 5.41 Å². The summed E-state index contributed by atoms with van der Waals surface area (Å²) in [5.41, 5.74) is 1.36. The number of nitrogens with zero attached hydrogens (tertiary/aromatic N) is 4. The lowest BCUT2D eigenvalue weighted by atomic mass is 10.0. The van der Waals surface area contributed by atoms with E-state index in [2.05, 4.69) is 15.0 Å². The summed E-state index contributed by atoms with van der Waals surface area (Å²) in [6, 6.07) is 4.06. The summed E-state index contributed by atoms with van der Waals surface area (Å²) >= 11 is 6.00. The SMILES string of the molecule is OCC1CC2(CC2)CN1c1nc(Cl)nn2cccc12. The predicted octanol–water partition coefficient (Wildman–Crippen LogP) is 1.73. The first kappa shape index (κ1) is 11.5. The molecule has 2 aliphatic rings. The molecule has 2 fully saturated rings. The number of aliphatic hydroxyl groups is 1. The molecule has 3 heterocycles. The maximum absolute atomic E-state index is 9.62. The zero-order valence-electron chi connectivity index (χ0n) is 10.5. The Labute approximate surface area is 115 Å². The summed E-state index contributed by atoms with van der Waals surface area (Å²) in [7, 11) is 0. The van der Waals surface area contributed by atoms with Gasteiger partial charge in [0.05, 0.1) is 12.6 Å². The van der Waals surface area contributed by atoms with Crippen molar-refractivity contribution in [3.05, 3.63) is 23.6 Å². The van der Waals surface area contributed by atoms with Crippen molar-refractivity contribution in [3.8, 4) is 0 Å². The van der Waals surface area contributed by atoms with Crippen LogP contribution in [0.15, 0.2) is 18.3 Å². The van der Waals surface area contributed by atoms with Crippen LogP contribution in [-0.2, 0) is 0 Å². The Hall–Kier alpha value is -1.33. The minimum Gasteiger partial charge on any atom is -0.394 e. The lowest BCUT2D eigenvalue weighted by Gasteiger charge is -2.24. The van der Waals surface area contributed by atoms with E-state index in [4.69, 9.17) is 11.6 Å². The van der Waals surface area contributed by atoms with Crippen LogP contribution in [0.3, 0.4) is 0 Å². The van der Waals surface area contributed by atoms with Gasteiger partial charge >= 0.3 is 0 Å². The smallest absolute Gasteiger partial charge is 0.243 e. The summed E-state index contributed by atoms with van der Waals surface area (Å²) in [6.07, 6.45) is 5.44. The lowest BCUT2D eigenvalue weighted by molar-refractivity contribution is 0.261. The summed E-state index contributed by atoms with van der Waals surface area (Å²) in [5.74, 6) is 0.841. The highest BCUT2D eigenvalue weighted by atomic mass is 35.5. The second-order valence-electron chi connectivity index (χ2n) is 5.71. The van der Waals surface area contributed by atoms with Crippen LogP contribution in [0.5, 0.6) is 0 Å². The molecule has 1 aliphatic heterocycles. The van der Waals surface area contributed by atoms with Gasteiger partial charge < -0.3 is 10.0 Å². The molecule has 2 aromatic heterocycles. The molecule has 19 heavy (non-hydrogen) atoms. The third-order valence-electron chi connectivity index (χ3n) is 4.40. The number of hydrogen-bond donors (Lipinski definition) is 1. The average molecular weight is 279 g/mol. The van der Waals surface area contributed by atoms with E-state index in [1.54, 1.807) is 4.52 Å². The van der Waals surface area contributed by atoms with Crippen molar-refractivity contribution in [1.82, 2.24) is 14.6 Å². The minimum absolute atomic E-state index is 0.146. The normalized spacial score (nSPS) is 24.5. The summed E-state index contributed by atoms with van der Waals surface area (Å²) < 4.78 is 1.75. The fraction of sp³-hybridized carbons (Fsp3) is 0.538. The molecule has 4 rings (SSSR count). The summed E-state index contributed by atoms with van der Waals surface area (Å²) in [6.45, 7) is 1.13. The van der Waals surface area contributed by atoms with Crippen molar-refractivity contribution >= 4 is 22.9 Å². The van der Waals surface area contributed by atoms with Gasteiger partial charge in [0.1, 0.15) is 5.52 Å². The Balaban J connectivity index is 1.82. The second kappa shape index (κ2) is 3.84. The van der Waals surface area contributed by atoms with Crippen LogP contribution in [0.1, 0.15) is 19.3 Å². The molecule has 2 aromatic rings. The Kier molecular flexibility index (Phi) is 2.32. The van der Waals surface area contributed by atoms with Crippen LogP contribution in [0.4, 0.5) is 5.82 Å². The fourth-order valence-electron chi connectivity index (χ4n) is 3.22. The van der Waals surface area contributed by atoms with Crippen molar-refractivity contribution in [2.45, 2.75) is 25.3 Å². The zero-order chi connectivity index (χ0) is 13.0. The van der Waals surface area contributed by atoms with Crippen LogP contribution in [0, 0.1) is 5.41 Å². The van der Waals surface area contributed by atoms with Crippen LogP contribution < -0.4 is 4.90 Å². The Bertz CT molecular complexity index is 637. The van der Waals surface area contributed by atoms with Gasteiger partial charge in [-0.2, -0.15) is 4.98 Å². The van der Waals surface area contributed by atoms with Crippen LogP contribution >= 0.6 is 11.6 Å². The molecule has 0 aromatic carbocycles. The van der Waals surface area contributed by atoms with Gasteiger partial charge in [-0.3, -0.25) is 0 Å². The van der Waals surface area contributed by atoms with Crippen LogP contribution in [0.2, 0.25) is 5.28 Å². The molecule has 1 aliphatic carbocycles. The van der Waals surface area contributed by atoms with Gasteiger partial charge in [-0.05, 0) is 48.4 Å². The Morgan fingerprint density at radius 1 is 1.47 bits per heavy atom. The highest BCUT2D eigenvalue weighted by molar-refractivity contribution is 6.28. The monoisotopic (exact) mass is 278 g/mol. The van der Waals surface area contributed by atoms with Gasteiger partial charge in [0.25, 0.3) is 0 Å². The van der Waals surface area contributed by atoms with Crippen molar-refractivity contribution in [1.29, 1.82) is 0 Å². The third kappa shape index (κ3) is 1.72. The van der Waals surface area contributed by atoms with E-state index >= 15 is 0 Å². The minimum atomic E-state index is 0.146. The molecule has 0 bridgehead atoms. The fourth-order valence-corrected chi connectivity index (χ4v) is 3.38. The topological polar surface area (TPSA) is 53.7 Å². The molecule has 100 valence electrons. The summed E-state index contributed by atoms with van der Waals surface area (Å²) in [5, 5.41) is 14.0. The number of halogens is 1. The molecule has 0 radical (unpaired) electrons. The third-order valence-corrected chi connectivity index (χ3v) is 4.56. The molecule has 1 atom stereocenters. The highest BCUT2D eigenvalue weighted by Crippen LogP contribution is 2.55. The average Bonchev–Trinajstić information content (AvgIpc) is 2.84. The molecule has 1 saturated carbocycles. The number of fused-ring (bicyclic) bond motifs is 1. The molecule has 6 heteroatoms. The first-order chi connectivity index (χ1) is 9.21. The van der Waals surface area contributed by atoms with E-state index in [0.29, 0.717) is 5.41 Å². The first-order valence-corrected chi connectivity index (χ1v) is 6.97. The van der Waals surface area contributed by atoms with Gasteiger partial charge in [-0.25, -0.2) is 4.52 Å². The van der Waals surface area contributed by atoms with E-state index in [9.17, 15) is 5.11 Å². The maximum atomic E-state index is 9.62. The first-order valence-electron chi connectivity index (χ1n) is 6.59. The van der Waals surface area contributed by atoms with Crippen molar-refractivity contribution < 1.29 is 5.11 Å². The molecular formula is C13H15ClN4O. The Morgan fingerprint density at radius 3 is 3.05 bits per heavy atom. The van der Waals surface area contributed by atoms with Gasteiger partial charge in [0, 0.05) is 12.7 Å². The molecule has 1 unspecified atom stereocenters. The van der Waals surface area contributed by atoms with Gasteiger partial charge in [-0.1, -0.05) is 0 Å².